The molecule has 9 nitrogen and oxygen atoms in total. The van der Waals surface area contributed by atoms with Crippen molar-refractivity contribution in [1.29, 1.82) is 5.26 Å². The van der Waals surface area contributed by atoms with Gasteiger partial charge in [0.1, 0.15) is 33.0 Å². The molecule has 1 unspecified atom stereocenters. The summed E-state index contributed by atoms with van der Waals surface area (Å²) in [7, 11) is -2.87. The Kier molecular flexibility index (Phi) is 5.80. The Balaban J connectivity index is 1.68. The van der Waals surface area contributed by atoms with Gasteiger partial charge in [-0.05, 0) is 56.5 Å². The van der Waals surface area contributed by atoms with E-state index in [-0.39, 0.29) is 23.0 Å². The van der Waals surface area contributed by atoms with Crippen LogP contribution >= 0.6 is 0 Å². The van der Waals surface area contributed by atoms with Crippen LogP contribution in [-0.2, 0) is 15.5 Å². The van der Waals surface area contributed by atoms with E-state index in [9.17, 15) is 13.4 Å². The molecule has 0 radical (unpaired) electrons. The van der Waals surface area contributed by atoms with Crippen molar-refractivity contribution in [3.63, 3.8) is 0 Å². The van der Waals surface area contributed by atoms with Crippen molar-refractivity contribution >= 4 is 27.5 Å². The lowest BCUT2D eigenvalue weighted by Gasteiger charge is -2.38. The van der Waals surface area contributed by atoms with Crippen molar-refractivity contribution in [2.24, 2.45) is 15.1 Å². The van der Waals surface area contributed by atoms with E-state index in [1.807, 2.05) is 6.07 Å². The van der Waals surface area contributed by atoms with Gasteiger partial charge in [0.25, 0.3) is 5.91 Å². The molecule has 0 saturated carbocycles. The molecule has 0 saturated heterocycles. The number of carbonyl (C=O) groups is 1. The maximum Gasteiger partial charge on any atom is 0.274 e. The zero-order valence-corrected chi connectivity index (χ0v) is 19.2. The minimum Gasteiger partial charge on any atom is -0.369 e. The van der Waals surface area contributed by atoms with E-state index in [1.165, 1.54) is 28.7 Å². The number of nitrogens with zero attached hydrogens (tertiary/aromatic N) is 5. The number of aryl methyl sites for hydroxylation is 1. The van der Waals surface area contributed by atoms with Crippen molar-refractivity contribution in [1.82, 2.24) is 9.29 Å². The van der Waals surface area contributed by atoms with Gasteiger partial charge in [0.05, 0.1) is 17.9 Å². The summed E-state index contributed by atoms with van der Waals surface area (Å²) in [4.78, 5) is 21.3. The second-order valence-electron chi connectivity index (χ2n) is 8.31. The fourth-order valence-corrected chi connectivity index (χ4v) is 6.60. The number of nitriles is 1. The highest BCUT2D eigenvalue weighted by atomic mass is 32.2. The van der Waals surface area contributed by atoms with E-state index in [2.05, 4.69) is 19.7 Å². The van der Waals surface area contributed by atoms with Crippen LogP contribution in [0.2, 0.25) is 0 Å². The van der Waals surface area contributed by atoms with E-state index >= 15 is 0 Å². The summed E-state index contributed by atoms with van der Waals surface area (Å²) >= 11 is 0. The monoisotopic (exact) mass is 469 g/mol. The number of carbonyl (C=O) groups excluding carboxylic acids is 1. The number of anilines is 1. The van der Waals surface area contributed by atoms with Crippen LogP contribution in [-0.4, -0.2) is 44.2 Å². The van der Waals surface area contributed by atoms with Gasteiger partial charge in [-0.3, -0.25) is 9.10 Å². The maximum atomic E-state index is 15.0. The van der Waals surface area contributed by atoms with Gasteiger partial charge in [0.2, 0.25) is 5.96 Å². The zero-order chi connectivity index (χ0) is 23.8. The number of pyridine rings is 1. The van der Waals surface area contributed by atoms with Gasteiger partial charge in [-0.1, -0.05) is 0 Å². The van der Waals surface area contributed by atoms with Crippen LogP contribution in [0.1, 0.15) is 46.9 Å². The highest BCUT2D eigenvalue weighted by Crippen LogP contribution is 2.36. The van der Waals surface area contributed by atoms with E-state index in [1.54, 1.807) is 19.9 Å². The lowest BCUT2D eigenvalue weighted by molar-refractivity contribution is 0.102. The van der Waals surface area contributed by atoms with E-state index in [0.29, 0.717) is 29.9 Å². The molecule has 0 fully saturated rings. The summed E-state index contributed by atoms with van der Waals surface area (Å²) in [5, 5.41) is 11.7. The number of hydrogen-bond acceptors (Lipinski definition) is 7. The highest BCUT2D eigenvalue weighted by molar-refractivity contribution is 7.92. The molecule has 2 aliphatic rings. The second-order valence-corrected chi connectivity index (χ2v) is 10.5. The average Bonchev–Trinajstić information content (AvgIpc) is 2.95. The maximum absolute atomic E-state index is 15.0. The van der Waals surface area contributed by atoms with Crippen molar-refractivity contribution in [3.05, 3.63) is 58.7 Å². The third kappa shape index (κ3) is 4.26. The Hall–Kier alpha value is -3.52. The normalized spacial score (nSPS) is 24.5. The zero-order valence-electron chi connectivity index (χ0n) is 18.3. The topological polar surface area (TPSA) is 137 Å². The first-order chi connectivity index (χ1) is 15.6. The Morgan fingerprint density at radius 3 is 2.88 bits per heavy atom. The van der Waals surface area contributed by atoms with E-state index in [4.69, 9.17) is 11.0 Å². The molecular weight excluding hydrogens is 445 g/mol. The van der Waals surface area contributed by atoms with Gasteiger partial charge in [-0.15, -0.1) is 0 Å². The summed E-state index contributed by atoms with van der Waals surface area (Å²) in [5.74, 6) is -0.983. The summed E-state index contributed by atoms with van der Waals surface area (Å²) in [6.07, 6.45) is 2.92. The SMILES string of the molecule is Cc1cc(C#N)cnc1C(=O)Nc1ccc(F)c([C@]2(C)CS3(=O)=NCCCCN3C(N)=N2)c1. The summed E-state index contributed by atoms with van der Waals surface area (Å²) < 4.78 is 34.5. The highest BCUT2D eigenvalue weighted by Gasteiger charge is 2.42. The van der Waals surface area contributed by atoms with Gasteiger partial charge in [0, 0.05) is 24.0 Å². The Labute approximate surface area is 191 Å². The number of nitrogens with two attached hydrogens (primary N) is 1. The predicted molar refractivity (Wildman–Crippen MR) is 123 cm³/mol. The van der Waals surface area contributed by atoms with Crippen LogP contribution in [0.4, 0.5) is 10.1 Å². The molecule has 33 heavy (non-hydrogen) atoms. The molecule has 2 atom stereocenters. The summed E-state index contributed by atoms with van der Waals surface area (Å²) in [6.45, 7) is 4.29. The smallest absolute Gasteiger partial charge is 0.274 e. The molecule has 4 rings (SSSR count). The molecular formula is C22H24FN7O2S. The number of rotatable bonds is 3. The molecule has 1 aromatic carbocycles. The molecule has 1 amide bonds. The van der Waals surface area contributed by atoms with Gasteiger partial charge in [-0.2, -0.15) is 5.26 Å². The van der Waals surface area contributed by atoms with Crippen molar-refractivity contribution in [3.8, 4) is 6.07 Å². The minimum absolute atomic E-state index is 0.00863. The van der Waals surface area contributed by atoms with Crippen LogP contribution in [0.25, 0.3) is 0 Å². The molecule has 2 aliphatic heterocycles. The summed E-state index contributed by atoms with van der Waals surface area (Å²) in [5.41, 5.74) is 6.46. The fraction of sp³-hybridized carbons (Fsp3) is 0.364. The van der Waals surface area contributed by atoms with E-state index < -0.39 is 27.2 Å². The molecule has 1 aromatic heterocycles. The van der Waals surface area contributed by atoms with Gasteiger partial charge >= 0.3 is 0 Å². The summed E-state index contributed by atoms with van der Waals surface area (Å²) in [6, 6.07) is 7.67. The number of benzene rings is 1. The minimum atomic E-state index is -2.87. The van der Waals surface area contributed by atoms with Crippen LogP contribution in [0.3, 0.4) is 0 Å². The van der Waals surface area contributed by atoms with Crippen molar-refractivity contribution in [2.45, 2.75) is 32.2 Å². The molecule has 172 valence electrons. The average molecular weight is 470 g/mol. The standard InChI is InChI=1S/C22H24FN7O2S/c1-14-9-15(11-24)12-26-19(14)20(31)28-16-5-6-18(23)17(10-16)22(2)13-33(32)27-7-3-4-8-30(33)21(25)29-22/h5-6,9-10,12H,3-4,7-8,13H2,1-2H3,(H2,25,29)(H,28,31)/t22-,33?/m0/s1. The largest absolute Gasteiger partial charge is 0.369 e. The van der Waals surface area contributed by atoms with Gasteiger partial charge in [-0.25, -0.2) is 22.9 Å². The van der Waals surface area contributed by atoms with Crippen LogP contribution in [0.5, 0.6) is 0 Å². The molecule has 0 bridgehead atoms. The Morgan fingerprint density at radius 2 is 2.15 bits per heavy atom. The lowest BCUT2D eigenvalue weighted by Crippen LogP contribution is -2.52. The number of nitrogens with one attached hydrogen (secondary N) is 1. The molecule has 0 spiro atoms. The number of guanidine groups is 1. The first-order valence-electron chi connectivity index (χ1n) is 10.5. The van der Waals surface area contributed by atoms with E-state index in [0.717, 1.165) is 12.8 Å². The van der Waals surface area contributed by atoms with Gasteiger partial charge in [0.15, 0.2) is 0 Å². The number of fused-ring (bicyclic) bond motifs is 1. The molecule has 3 N–H and O–H groups in total. The van der Waals surface area contributed by atoms with Crippen molar-refractivity contribution in [2.75, 3.05) is 24.2 Å². The first-order valence-corrected chi connectivity index (χ1v) is 12.1. The number of aromatic nitrogens is 1. The van der Waals surface area contributed by atoms with Crippen molar-refractivity contribution < 1.29 is 13.4 Å². The number of aliphatic imine (C=N–C) groups is 1. The molecule has 0 aliphatic carbocycles. The third-order valence-electron chi connectivity index (χ3n) is 5.72. The second kappa shape index (κ2) is 8.44. The molecule has 2 aromatic rings. The Bertz CT molecular complexity index is 1330. The quantitative estimate of drug-likeness (QED) is 0.712. The Morgan fingerprint density at radius 1 is 1.36 bits per heavy atom. The number of amides is 1. The first kappa shape index (κ1) is 22.7. The number of hydrogen-bond donors (Lipinski definition) is 2. The molecule has 11 heteroatoms. The third-order valence-corrected chi connectivity index (χ3v) is 8.30. The molecule has 3 heterocycles. The fourth-order valence-electron chi connectivity index (χ4n) is 4.10. The van der Waals surface area contributed by atoms with Crippen LogP contribution in [0.15, 0.2) is 39.8 Å². The van der Waals surface area contributed by atoms with Crippen LogP contribution in [0, 0.1) is 24.1 Å². The predicted octanol–water partition coefficient (Wildman–Crippen LogP) is 2.68. The number of halogens is 1. The lowest BCUT2D eigenvalue weighted by atomic mass is 9.93. The van der Waals surface area contributed by atoms with Gasteiger partial charge < -0.3 is 11.1 Å². The van der Waals surface area contributed by atoms with Crippen LogP contribution < -0.4 is 11.1 Å².